The molecule has 0 bridgehead atoms. The molecule has 0 radical (unpaired) electrons. The van der Waals surface area contributed by atoms with E-state index in [1.807, 2.05) is 69.4 Å². The van der Waals surface area contributed by atoms with Crippen LogP contribution in [0.25, 0.3) is 21.8 Å². The van der Waals surface area contributed by atoms with E-state index in [4.69, 9.17) is 23.2 Å². The zero-order valence-electron chi connectivity index (χ0n) is 13.7. The van der Waals surface area contributed by atoms with E-state index in [2.05, 4.69) is 9.97 Å². The van der Waals surface area contributed by atoms with Crippen LogP contribution >= 0.6 is 68.4 Å². The largest absolute Gasteiger partial charge is 2.00 e. The van der Waals surface area contributed by atoms with E-state index in [0.717, 1.165) is 10.8 Å². The van der Waals surface area contributed by atoms with Gasteiger partial charge in [-0.2, -0.15) is 0 Å². The van der Waals surface area contributed by atoms with Crippen molar-refractivity contribution in [3.63, 3.8) is 0 Å². The third-order valence-corrected chi connectivity index (χ3v) is 5.85. The maximum atomic E-state index is 11.6. The second kappa shape index (κ2) is 9.92. The number of rotatable bonds is 0. The van der Waals surface area contributed by atoms with E-state index in [9.17, 15) is 10.2 Å². The van der Waals surface area contributed by atoms with Crippen molar-refractivity contribution < 1.29 is 20.2 Å². The molecule has 0 fully saturated rings. The SMILES string of the molecule is [Mg+2].[O-]c1c(I)cc(Cl)c2ccc[nH+]c12.[O-]c1c(I)cc(Cl)c2ccc[nH+]c12. The number of fused-ring (bicyclic) bond motifs is 2. The van der Waals surface area contributed by atoms with Crippen LogP contribution in [0.4, 0.5) is 0 Å². The predicted molar refractivity (Wildman–Crippen MR) is 121 cm³/mol. The first kappa shape index (κ1) is 23.0. The molecular weight excluding hydrogens is 625 g/mol. The van der Waals surface area contributed by atoms with E-state index in [-0.39, 0.29) is 34.6 Å². The zero-order chi connectivity index (χ0) is 18.8. The molecule has 2 aromatic heterocycles. The van der Waals surface area contributed by atoms with Gasteiger partial charge in [0, 0.05) is 19.3 Å². The fourth-order valence-electron chi connectivity index (χ4n) is 2.40. The topological polar surface area (TPSA) is 74.4 Å². The molecule has 0 atom stereocenters. The molecule has 4 nitrogen and oxygen atoms in total. The van der Waals surface area contributed by atoms with E-state index in [1.54, 1.807) is 24.5 Å². The fraction of sp³-hybridized carbons (Fsp3) is 0. The predicted octanol–water partition coefficient (Wildman–Crippen LogP) is 3.59. The molecule has 2 aromatic carbocycles. The van der Waals surface area contributed by atoms with Crippen molar-refractivity contribution in [2.24, 2.45) is 0 Å². The summed E-state index contributed by atoms with van der Waals surface area (Å²) in [5.74, 6) is 0.00111. The normalized spacial score (nSPS) is 10.2. The standard InChI is InChI=1S/2C9H5ClINO.Mg/c2*10-6-4-7(11)9(13)8-5(6)2-1-3-12-8;/h2*1-4,13H;/q;;+2. The summed E-state index contributed by atoms with van der Waals surface area (Å²) in [4.78, 5) is 5.80. The molecule has 0 aliphatic rings. The molecule has 2 N–H and O–H groups in total. The van der Waals surface area contributed by atoms with E-state index in [1.165, 1.54) is 0 Å². The first-order valence-electron chi connectivity index (χ1n) is 7.31. The third kappa shape index (κ3) is 4.99. The van der Waals surface area contributed by atoms with Crippen molar-refractivity contribution in [2.75, 3.05) is 0 Å². The van der Waals surface area contributed by atoms with Gasteiger partial charge in [-0.25, -0.2) is 9.97 Å². The number of aromatic amines is 2. The van der Waals surface area contributed by atoms with Gasteiger partial charge in [0.2, 0.25) is 11.0 Å². The molecule has 0 aliphatic heterocycles. The van der Waals surface area contributed by atoms with Crippen molar-refractivity contribution in [2.45, 2.75) is 0 Å². The van der Waals surface area contributed by atoms with Crippen LogP contribution < -0.4 is 20.2 Å². The van der Waals surface area contributed by atoms with Crippen molar-refractivity contribution in [1.82, 2.24) is 0 Å². The van der Waals surface area contributed by atoms with Gasteiger partial charge in [0.1, 0.15) is 0 Å². The second-order valence-corrected chi connectivity index (χ2v) is 8.40. The molecule has 0 aliphatic carbocycles. The summed E-state index contributed by atoms with van der Waals surface area (Å²) in [7, 11) is 0. The number of pyridine rings is 2. The molecule has 132 valence electrons. The summed E-state index contributed by atoms with van der Waals surface area (Å²) in [6, 6.07) is 10.7. The van der Waals surface area contributed by atoms with Crippen molar-refractivity contribution >= 4 is 113 Å². The summed E-state index contributed by atoms with van der Waals surface area (Å²) in [5, 5.41) is 25.9. The Labute approximate surface area is 208 Å². The van der Waals surface area contributed by atoms with Crippen molar-refractivity contribution in [3.8, 4) is 11.5 Å². The first-order chi connectivity index (χ1) is 12.4. The van der Waals surface area contributed by atoms with E-state index >= 15 is 0 Å². The van der Waals surface area contributed by atoms with Gasteiger partial charge in [0.05, 0.1) is 20.8 Å². The quantitative estimate of drug-likeness (QED) is 0.219. The van der Waals surface area contributed by atoms with Gasteiger partial charge in [0.25, 0.3) is 0 Å². The number of aromatic nitrogens is 2. The van der Waals surface area contributed by atoms with Crippen LogP contribution in [-0.4, -0.2) is 23.1 Å². The number of benzene rings is 2. The Bertz CT molecular complexity index is 1040. The number of hydrogen-bond donors (Lipinski definition) is 0. The number of hydrogen-bond acceptors (Lipinski definition) is 2. The maximum absolute atomic E-state index is 11.6. The monoisotopic (exact) mass is 634 g/mol. The fourth-order valence-corrected chi connectivity index (χ4v) is 4.46. The van der Waals surface area contributed by atoms with E-state index in [0.29, 0.717) is 28.2 Å². The van der Waals surface area contributed by atoms with Gasteiger partial charge in [-0.3, -0.25) is 0 Å². The summed E-state index contributed by atoms with van der Waals surface area (Å²) in [6.45, 7) is 0. The summed E-state index contributed by atoms with van der Waals surface area (Å²) in [5.41, 5.74) is 1.14. The van der Waals surface area contributed by atoms with Crippen LogP contribution in [0, 0.1) is 7.14 Å². The Morgan fingerprint density at radius 2 is 1.11 bits per heavy atom. The molecule has 27 heavy (non-hydrogen) atoms. The minimum Gasteiger partial charge on any atom is -0.867 e. The van der Waals surface area contributed by atoms with Gasteiger partial charge in [0.15, 0.2) is 12.4 Å². The van der Waals surface area contributed by atoms with E-state index < -0.39 is 0 Å². The Morgan fingerprint density at radius 1 is 0.741 bits per heavy atom. The Morgan fingerprint density at radius 3 is 1.48 bits per heavy atom. The van der Waals surface area contributed by atoms with Gasteiger partial charge in [-0.1, -0.05) is 23.2 Å². The average Bonchev–Trinajstić information content (AvgIpc) is 2.65. The molecule has 4 rings (SSSR count). The van der Waals surface area contributed by atoms with Crippen LogP contribution in [0.5, 0.6) is 11.5 Å². The molecule has 4 aromatic rings. The Balaban J connectivity index is 0.000000187. The van der Waals surface area contributed by atoms with Crippen molar-refractivity contribution in [3.05, 3.63) is 66.0 Å². The van der Waals surface area contributed by atoms with Crippen LogP contribution in [0.1, 0.15) is 0 Å². The maximum Gasteiger partial charge on any atom is 2.00 e. The van der Waals surface area contributed by atoms with Crippen LogP contribution in [-0.2, 0) is 0 Å². The molecule has 0 saturated carbocycles. The zero-order valence-corrected chi connectivity index (χ0v) is 20.9. The van der Waals surface area contributed by atoms with Crippen molar-refractivity contribution in [1.29, 1.82) is 0 Å². The Hall–Kier alpha value is -0.334. The summed E-state index contributed by atoms with van der Waals surface area (Å²) >= 11 is 15.9. The van der Waals surface area contributed by atoms with Crippen LogP contribution in [0.2, 0.25) is 10.0 Å². The van der Waals surface area contributed by atoms with Gasteiger partial charge < -0.3 is 10.2 Å². The molecule has 0 spiro atoms. The molecule has 2 heterocycles. The average molecular weight is 635 g/mol. The first-order valence-corrected chi connectivity index (χ1v) is 10.2. The molecule has 0 saturated heterocycles. The van der Waals surface area contributed by atoms with Gasteiger partial charge in [-0.15, -0.1) is 0 Å². The molecule has 0 amide bonds. The molecule has 9 heteroatoms. The number of H-pyrrole nitrogens is 2. The Kier molecular flexibility index (Phi) is 8.44. The number of nitrogens with one attached hydrogen (secondary N) is 2. The van der Waals surface area contributed by atoms with Crippen LogP contribution in [0.3, 0.4) is 0 Å². The van der Waals surface area contributed by atoms with Crippen LogP contribution in [0.15, 0.2) is 48.8 Å². The minimum atomic E-state index is 0. The minimum absolute atomic E-state index is 0. The second-order valence-electron chi connectivity index (χ2n) is 5.26. The van der Waals surface area contributed by atoms with Gasteiger partial charge in [-0.05, 0) is 80.9 Å². The summed E-state index contributed by atoms with van der Waals surface area (Å²) < 4.78 is 1.27. The summed E-state index contributed by atoms with van der Waals surface area (Å²) in [6.07, 6.45) is 3.44. The van der Waals surface area contributed by atoms with Gasteiger partial charge >= 0.3 is 23.1 Å². The molecule has 0 unspecified atom stereocenters. The molecular formula is C18H10Cl2I2MgN2O2+2. The third-order valence-electron chi connectivity index (χ3n) is 3.62. The number of halogens is 4. The smallest absolute Gasteiger partial charge is 0.867 e.